The Bertz CT molecular complexity index is 1500. The van der Waals surface area contributed by atoms with Crippen LogP contribution in [0.2, 0.25) is 18.1 Å². The van der Waals surface area contributed by atoms with Crippen LogP contribution in [0.3, 0.4) is 0 Å². The molecule has 5 rings (SSSR count). The summed E-state index contributed by atoms with van der Waals surface area (Å²) in [5.74, 6) is 3.34. The summed E-state index contributed by atoms with van der Waals surface area (Å²) in [6, 6.07) is 22.1. The van der Waals surface area contributed by atoms with E-state index in [2.05, 4.69) is 52.6 Å². The lowest BCUT2D eigenvalue weighted by Gasteiger charge is -2.37. The number of aliphatic hydroxyl groups excluding tert-OH is 1. The van der Waals surface area contributed by atoms with Crippen LogP contribution < -0.4 is 18.9 Å². The van der Waals surface area contributed by atoms with Crippen molar-refractivity contribution in [1.82, 2.24) is 0 Å². The molecule has 8 nitrogen and oxygen atoms in total. The standard InChI is InChI=1S/C20H32O4Si.C20H24O4/c1-14-12-23-19(15-9-10-17(21-5)18(11-15)22-6)16(14)13-24-25(7,8)20(2,3)4;1-22-18-9-8-15(11-19(18)23-2)20-17(12-21)16(13-24-20)10-14-6-4-3-5-7-14/h9-11,16,19H,1,12-13H2,2-8H3;3-9,11,16-17,20-21H,10,12-13H2,1-2H3/t16-,19+;16-,17-,20+/m00/s1. The van der Waals surface area contributed by atoms with Crippen molar-refractivity contribution in [2.24, 2.45) is 17.8 Å². The molecule has 2 aliphatic rings. The zero-order chi connectivity index (χ0) is 35.8. The predicted octanol–water partition coefficient (Wildman–Crippen LogP) is 8.21. The molecule has 5 atom stereocenters. The van der Waals surface area contributed by atoms with Crippen LogP contribution in [0, 0.1) is 17.8 Å². The van der Waals surface area contributed by atoms with Gasteiger partial charge in [0.2, 0.25) is 0 Å². The van der Waals surface area contributed by atoms with Gasteiger partial charge in [0.05, 0.1) is 53.9 Å². The molecule has 2 heterocycles. The molecule has 2 fully saturated rings. The fourth-order valence-electron chi connectivity index (χ4n) is 6.18. The van der Waals surface area contributed by atoms with E-state index in [4.69, 9.17) is 32.8 Å². The Morgan fingerprint density at radius 3 is 1.84 bits per heavy atom. The lowest BCUT2D eigenvalue weighted by Crippen LogP contribution is -2.42. The Balaban J connectivity index is 0.000000221. The molecule has 268 valence electrons. The van der Waals surface area contributed by atoms with Gasteiger partial charge in [0.1, 0.15) is 0 Å². The monoisotopic (exact) mass is 692 g/mol. The van der Waals surface area contributed by atoms with Crippen LogP contribution in [0.15, 0.2) is 78.9 Å². The normalized spacial score (nSPS) is 22.3. The average molecular weight is 693 g/mol. The Morgan fingerprint density at radius 1 is 0.776 bits per heavy atom. The lowest BCUT2D eigenvalue weighted by atomic mass is 9.84. The molecule has 0 spiro atoms. The predicted molar refractivity (Wildman–Crippen MR) is 196 cm³/mol. The third-order valence-electron chi connectivity index (χ3n) is 10.3. The molecular weight excluding hydrogens is 637 g/mol. The average Bonchev–Trinajstić information content (AvgIpc) is 3.69. The molecule has 0 aliphatic carbocycles. The van der Waals surface area contributed by atoms with E-state index in [-0.39, 0.29) is 35.7 Å². The van der Waals surface area contributed by atoms with Crippen molar-refractivity contribution in [3.63, 3.8) is 0 Å². The van der Waals surface area contributed by atoms with Gasteiger partial charge in [-0.2, -0.15) is 0 Å². The lowest BCUT2D eigenvalue weighted by molar-refractivity contribution is 0.0717. The van der Waals surface area contributed by atoms with Crippen LogP contribution in [-0.4, -0.2) is 68.3 Å². The van der Waals surface area contributed by atoms with Gasteiger partial charge in [-0.05, 0) is 77.0 Å². The number of hydrogen-bond donors (Lipinski definition) is 1. The van der Waals surface area contributed by atoms with Crippen LogP contribution in [-0.2, 0) is 20.3 Å². The van der Waals surface area contributed by atoms with Crippen LogP contribution in [0.5, 0.6) is 23.0 Å². The number of benzene rings is 3. The first-order chi connectivity index (χ1) is 23.4. The number of methoxy groups -OCH3 is 4. The smallest absolute Gasteiger partial charge is 0.192 e. The Labute approximate surface area is 294 Å². The minimum absolute atomic E-state index is 0.0583. The minimum Gasteiger partial charge on any atom is -0.493 e. The van der Waals surface area contributed by atoms with Gasteiger partial charge in [-0.25, -0.2) is 0 Å². The zero-order valence-electron chi connectivity index (χ0n) is 30.8. The highest BCUT2D eigenvalue weighted by Crippen LogP contribution is 2.44. The molecule has 0 saturated carbocycles. The largest absolute Gasteiger partial charge is 0.493 e. The molecule has 2 saturated heterocycles. The van der Waals surface area contributed by atoms with E-state index >= 15 is 0 Å². The van der Waals surface area contributed by atoms with Gasteiger partial charge in [-0.1, -0.05) is 69.8 Å². The van der Waals surface area contributed by atoms with E-state index in [0.29, 0.717) is 43.0 Å². The van der Waals surface area contributed by atoms with Crippen LogP contribution in [0.25, 0.3) is 0 Å². The quantitative estimate of drug-likeness (QED) is 0.150. The molecular formula is C40H56O8Si. The van der Waals surface area contributed by atoms with Gasteiger partial charge >= 0.3 is 0 Å². The molecule has 0 unspecified atom stereocenters. The third kappa shape index (κ3) is 9.26. The van der Waals surface area contributed by atoms with Gasteiger partial charge in [-0.15, -0.1) is 0 Å². The maximum absolute atomic E-state index is 9.94. The van der Waals surface area contributed by atoms with Gasteiger partial charge in [0.25, 0.3) is 0 Å². The van der Waals surface area contributed by atoms with Crippen LogP contribution >= 0.6 is 0 Å². The zero-order valence-corrected chi connectivity index (χ0v) is 31.8. The number of aliphatic hydroxyl groups is 1. The number of ether oxygens (including phenoxy) is 6. The topological polar surface area (TPSA) is 84.8 Å². The summed E-state index contributed by atoms with van der Waals surface area (Å²) in [5, 5.41) is 10.1. The second-order valence-electron chi connectivity index (χ2n) is 14.3. The van der Waals surface area contributed by atoms with E-state index in [9.17, 15) is 5.11 Å². The highest BCUT2D eigenvalue weighted by molar-refractivity contribution is 6.74. The maximum Gasteiger partial charge on any atom is 0.192 e. The molecule has 0 amide bonds. The van der Waals surface area contributed by atoms with Crippen molar-refractivity contribution in [3.8, 4) is 23.0 Å². The summed E-state index contributed by atoms with van der Waals surface area (Å²) in [6.45, 7) is 17.5. The fraction of sp³-hybridized carbons (Fsp3) is 0.500. The summed E-state index contributed by atoms with van der Waals surface area (Å²) < 4.78 is 40.0. The van der Waals surface area contributed by atoms with E-state index in [1.54, 1.807) is 28.4 Å². The van der Waals surface area contributed by atoms with E-state index < -0.39 is 8.32 Å². The third-order valence-corrected chi connectivity index (χ3v) is 14.8. The molecule has 0 aromatic heterocycles. The first-order valence-corrected chi connectivity index (χ1v) is 19.9. The first-order valence-electron chi connectivity index (χ1n) is 17.0. The van der Waals surface area contributed by atoms with Gasteiger partial charge in [0, 0.05) is 25.0 Å². The Morgan fingerprint density at radius 2 is 1.33 bits per heavy atom. The van der Waals surface area contributed by atoms with Gasteiger partial charge in [0.15, 0.2) is 31.3 Å². The second-order valence-corrected chi connectivity index (χ2v) is 19.2. The molecule has 3 aromatic carbocycles. The molecule has 1 N–H and O–H groups in total. The van der Waals surface area contributed by atoms with E-state index in [1.165, 1.54) is 5.56 Å². The second kappa shape index (κ2) is 17.0. The summed E-state index contributed by atoms with van der Waals surface area (Å²) in [4.78, 5) is 0. The highest BCUT2D eigenvalue weighted by Gasteiger charge is 2.41. The van der Waals surface area contributed by atoms with Crippen molar-refractivity contribution >= 4 is 8.32 Å². The maximum atomic E-state index is 9.94. The van der Waals surface area contributed by atoms with Crippen molar-refractivity contribution in [3.05, 3.63) is 95.6 Å². The molecule has 2 aliphatic heterocycles. The molecule has 9 heteroatoms. The highest BCUT2D eigenvalue weighted by atomic mass is 28.4. The van der Waals surface area contributed by atoms with Gasteiger partial charge in [-0.3, -0.25) is 0 Å². The molecule has 3 aromatic rings. The number of rotatable bonds is 12. The molecule has 0 bridgehead atoms. The van der Waals surface area contributed by atoms with Crippen molar-refractivity contribution in [2.45, 2.75) is 57.5 Å². The SMILES string of the molecule is C=C1CO[C@H](c2ccc(OC)c(OC)c2)[C@H]1CO[Si](C)(C)C(C)(C)C.COc1ccc([C@H]2OC[C@H](Cc3ccccc3)[C@@H]2CO)cc1OC. The number of hydrogen-bond acceptors (Lipinski definition) is 8. The van der Waals surface area contributed by atoms with E-state index in [0.717, 1.165) is 28.9 Å². The summed E-state index contributed by atoms with van der Waals surface area (Å²) in [7, 11) is 4.73. The summed E-state index contributed by atoms with van der Waals surface area (Å²) in [6.07, 6.45) is 0.733. The Kier molecular flexibility index (Phi) is 13.4. The van der Waals surface area contributed by atoms with Crippen molar-refractivity contribution in [2.75, 3.05) is 54.9 Å². The Hall–Kier alpha value is -3.34. The van der Waals surface area contributed by atoms with Crippen molar-refractivity contribution < 1.29 is 38.0 Å². The van der Waals surface area contributed by atoms with Crippen molar-refractivity contribution in [1.29, 1.82) is 0 Å². The first kappa shape index (κ1) is 38.5. The van der Waals surface area contributed by atoms with Crippen LogP contribution in [0.4, 0.5) is 0 Å². The summed E-state index contributed by atoms with van der Waals surface area (Å²) >= 11 is 0. The minimum atomic E-state index is -1.81. The summed E-state index contributed by atoms with van der Waals surface area (Å²) in [5.41, 5.74) is 4.46. The van der Waals surface area contributed by atoms with Crippen LogP contribution in [0.1, 0.15) is 49.7 Å². The molecule has 0 radical (unpaired) electrons. The fourth-order valence-corrected chi connectivity index (χ4v) is 7.21. The van der Waals surface area contributed by atoms with E-state index in [1.807, 2.05) is 54.6 Å². The molecule has 49 heavy (non-hydrogen) atoms. The van der Waals surface area contributed by atoms with Gasteiger partial charge < -0.3 is 38.0 Å².